The third kappa shape index (κ3) is 4.40. The van der Waals surface area contributed by atoms with Crippen molar-refractivity contribution in [2.45, 2.75) is 25.3 Å². The molecule has 0 amide bonds. The van der Waals surface area contributed by atoms with E-state index in [1.54, 1.807) is 0 Å². The van der Waals surface area contributed by atoms with Crippen LogP contribution in [-0.4, -0.2) is 35.4 Å². The molecule has 3 aromatic carbocycles. The summed E-state index contributed by atoms with van der Waals surface area (Å²) >= 11 is 0. The van der Waals surface area contributed by atoms with Gasteiger partial charge in [0.25, 0.3) is 0 Å². The van der Waals surface area contributed by atoms with Gasteiger partial charge in [-0.05, 0) is 34.7 Å². The van der Waals surface area contributed by atoms with E-state index in [1.165, 1.54) is 6.92 Å². The van der Waals surface area contributed by atoms with Crippen LogP contribution in [-0.2, 0) is 20.7 Å². The monoisotopic (exact) mass is 413 g/mol. The van der Waals surface area contributed by atoms with Crippen molar-refractivity contribution < 1.29 is 19.4 Å². The number of ether oxygens (including phenoxy) is 1. The van der Waals surface area contributed by atoms with Gasteiger partial charge in [0.15, 0.2) is 0 Å². The third-order valence-corrected chi connectivity index (χ3v) is 5.50. The van der Waals surface area contributed by atoms with Gasteiger partial charge in [-0.15, -0.1) is 0 Å². The van der Waals surface area contributed by atoms with E-state index in [4.69, 9.17) is 4.74 Å². The fourth-order valence-electron chi connectivity index (χ4n) is 3.93. The van der Waals surface area contributed by atoms with Crippen LogP contribution >= 0.6 is 0 Å². The minimum Gasteiger partial charge on any atom is -0.480 e. The normalized spacial score (nSPS) is 13.9. The molecule has 0 unspecified atom stereocenters. The van der Waals surface area contributed by atoms with E-state index in [9.17, 15) is 14.7 Å². The minimum absolute atomic E-state index is 0.0637. The Bertz CT molecular complexity index is 1090. The van der Waals surface area contributed by atoms with E-state index in [1.807, 2.05) is 54.6 Å². The molecule has 0 radical (unpaired) electrons. The number of esters is 1. The second-order valence-electron chi connectivity index (χ2n) is 7.58. The first-order valence-electron chi connectivity index (χ1n) is 10.2. The van der Waals surface area contributed by atoms with E-state index in [2.05, 4.69) is 29.3 Å². The highest BCUT2D eigenvalue weighted by Gasteiger charge is 2.29. The fourth-order valence-corrected chi connectivity index (χ4v) is 3.93. The first kappa shape index (κ1) is 20.5. The molecule has 1 N–H and O–H groups in total. The molecule has 0 spiro atoms. The second-order valence-corrected chi connectivity index (χ2v) is 7.58. The van der Waals surface area contributed by atoms with Crippen LogP contribution in [0.3, 0.4) is 0 Å². The van der Waals surface area contributed by atoms with Crippen molar-refractivity contribution in [3.05, 3.63) is 95.6 Å². The molecular weight excluding hydrogens is 390 g/mol. The first-order chi connectivity index (χ1) is 15.0. The molecule has 4 rings (SSSR count). The Kier molecular flexibility index (Phi) is 5.94. The number of hydrogen-bond donors (Lipinski definition) is 1. The molecule has 3 aromatic rings. The Hall–Kier alpha value is -3.73. The molecule has 0 bridgehead atoms. The quantitative estimate of drug-likeness (QED) is 0.457. The van der Waals surface area contributed by atoms with Gasteiger partial charge in [0.1, 0.15) is 18.4 Å². The van der Waals surface area contributed by atoms with Crippen LogP contribution in [0.4, 0.5) is 0 Å². The van der Waals surface area contributed by atoms with E-state index >= 15 is 0 Å². The van der Waals surface area contributed by atoms with Crippen LogP contribution in [0.2, 0.25) is 0 Å². The molecule has 0 fully saturated rings. The zero-order chi connectivity index (χ0) is 21.8. The fraction of sp³-hybridized carbons (Fsp3) is 0.192. The average molecular weight is 413 g/mol. The SMILES string of the molecule is C[C@H](N=C(Cc1ccccc1)C(=O)OCC1c2ccccc2-c2ccccc21)C(=O)O. The molecule has 1 aliphatic carbocycles. The average Bonchev–Trinajstić information content (AvgIpc) is 3.11. The van der Waals surface area contributed by atoms with Crippen molar-refractivity contribution in [3.8, 4) is 11.1 Å². The van der Waals surface area contributed by atoms with Gasteiger partial charge in [-0.3, -0.25) is 4.99 Å². The number of carbonyl (C=O) groups is 2. The van der Waals surface area contributed by atoms with Gasteiger partial charge < -0.3 is 9.84 Å². The highest BCUT2D eigenvalue weighted by molar-refractivity contribution is 6.37. The Balaban J connectivity index is 1.56. The molecule has 5 nitrogen and oxygen atoms in total. The molecule has 0 aromatic heterocycles. The lowest BCUT2D eigenvalue weighted by Crippen LogP contribution is -2.26. The number of carboxylic acids is 1. The number of hydrogen-bond acceptors (Lipinski definition) is 4. The first-order valence-corrected chi connectivity index (χ1v) is 10.2. The van der Waals surface area contributed by atoms with E-state index in [0.717, 1.165) is 27.8 Å². The van der Waals surface area contributed by atoms with E-state index in [-0.39, 0.29) is 24.7 Å². The lowest BCUT2D eigenvalue weighted by atomic mass is 9.98. The maximum atomic E-state index is 12.9. The Morgan fingerprint density at radius 1 is 0.903 bits per heavy atom. The number of benzene rings is 3. The highest BCUT2D eigenvalue weighted by atomic mass is 16.5. The van der Waals surface area contributed by atoms with E-state index in [0.29, 0.717) is 0 Å². The molecule has 31 heavy (non-hydrogen) atoms. The van der Waals surface area contributed by atoms with Gasteiger partial charge in [0.2, 0.25) is 0 Å². The van der Waals surface area contributed by atoms with Gasteiger partial charge >= 0.3 is 11.9 Å². The number of nitrogens with zero attached hydrogens (tertiary/aromatic N) is 1. The summed E-state index contributed by atoms with van der Waals surface area (Å²) in [5.41, 5.74) is 5.52. The molecule has 5 heteroatoms. The predicted octanol–water partition coefficient (Wildman–Crippen LogP) is 4.50. The van der Waals surface area contributed by atoms with Crippen LogP contribution < -0.4 is 0 Å². The van der Waals surface area contributed by atoms with Gasteiger partial charge in [-0.2, -0.15) is 0 Å². The summed E-state index contributed by atoms with van der Waals surface area (Å²) in [7, 11) is 0. The lowest BCUT2D eigenvalue weighted by Gasteiger charge is -2.15. The van der Waals surface area contributed by atoms with Gasteiger partial charge in [-0.1, -0.05) is 78.9 Å². The highest BCUT2D eigenvalue weighted by Crippen LogP contribution is 2.44. The Morgan fingerprint density at radius 3 is 2.03 bits per heavy atom. The van der Waals surface area contributed by atoms with Crippen LogP contribution in [0.5, 0.6) is 0 Å². The molecule has 1 atom stereocenters. The van der Waals surface area contributed by atoms with Crippen molar-refractivity contribution in [3.63, 3.8) is 0 Å². The molecule has 0 aliphatic heterocycles. The summed E-state index contributed by atoms with van der Waals surface area (Å²) in [6.45, 7) is 1.62. The summed E-state index contributed by atoms with van der Waals surface area (Å²) in [4.78, 5) is 28.4. The number of aliphatic imine (C=N–C) groups is 1. The Labute approximate surface area is 181 Å². The lowest BCUT2D eigenvalue weighted by molar-refractivity contribution is -0.137. The van der Waals surface area contributed by atoms with Crippen LogP contribution in [0.15, 0.2) is 83.9 Å². The van der Waals surface area contributed by atoms with Crippen molar-refractivity contribution in [1.82, 2.24) is 0 Å². The number of rotatable bonds is 7. The minimum atomic E-state index is -1.09. The zero-order valence-corrected chi connectivity index (χ0v) is 17.2. The predicted molar refractivity (Wildman–Crippen MR) is 119 cm³/mol. The summed E-state index contributed by atoms with van der Waals surface area (Å²) in [5.74, 6) is -1.73. The molecular formula is C26H23NO4. The van der Waals surface area contributed by atoms with Crippen molar-refractivity contribution in [1.29, 1.82) is 0 Å². The summed E-state index contributed by atoms with van der Waals surface area (Å²) in [5, 5.41) is 9.24. The van der Waals surface area contributed by atoms with Crippen LogP contribution in [0.25, 0.3) is 11.1 Å². The third-order valence-electron chi connectivity index (χ3n) is 5.50. The molecule has 1 aliphatic rings. The smallest absolute Gasteiger partial charge is 0.352 e. The molecule has 156 valence electrons. The van der Waals surface area contributed by atoms with E-state index < -0.39 is 18.0 Å². The summed E-state index contributed by atoms with van der Waals surface area (Å²) in [6, 6.07) is 24.6. The summed E-state index contributed by atoms with van der Waals surface area (Å²) in [6.07, 6.45) is 0.217. The van der Waals surface area contributed by atoms with Crippen LogP contribution in [0.1, 0.15) is 29.5 Å². The number of aliphatic carboxylic acids is 1. The topological polar surface area (TPSA) is 76.0 Å². The number of carboxylic acid groups (broad SMARTS) is 1. The molecule has 0 saturated heterocycles. The van der Waals surface area contributed by atoms with Crippen molar-refractivity contribution >= 4 is 17.7 Å². The maximum Gasteiger partial charge on any atom is 0.352 e. The van der Waals surface area contributed by atoms with Gasteiger partial charge in [-0.25, -0.2) is 9.59 Å². The van der Waals surface area contributed by atoms with Crippen molar-refractivity contribution in [2.75, 3.05) is 6.61 Å². The van der Waals surface area contributed by atoms with Crippen molar-refractivity contribution in [2.24, 2.45) is 4.99 Å². The standard InChI is InChI=1S/C26H23NO4/c1-17(25(28)29)27-24(15-18-9-3-2-4-10-18)26(30)31-16-23-21-13-7-5-11-19(21)20-12-6-8-14-22(20)23/h2-14,17,23H,15-16H2,1H3,(H,28,29)/t17-/m0/s1. The number of fused-ring (bicyclic) bond motifs is 3. The maximum absolute atomic E-state index is 12.9. The second kappa shape index (κ2) is 8.96. The molecule has 0 heterocycles. The summed E-state index contributed by atoms with van der Waals surface area (Å²) < 4.78 is 5.69. The van der Waals surface area contributed by atoms with Gasteiger partial charge in [0, 0.05) is 12.3 Å². The molecule has 0 saturated carbocycles. The van der Waals surface area contributed by atoms with Gasteiger partial charge in [0.05, 0.1) is 0 Å². The largest absolute Gasteiger partial charge is 0.480 e. The Morgan fingerprint density at radius 2 is 1.45 bits per heavy atom. The van der Waals surface area contributed by atoms with Crippen LogP contribution in [0, 0.1) is 0 Å². The zero-order valence-electron chi connectivity index (χ0n) is 17.2. The number of carbonyl (C=O) groups excluding carboxylic acids is 1.